The van der Waals surface area contributed by atoms with E-state index < -0.39 is 5.60 Å². The van der Waals surface area contributed by atoms with Crippen molar-refractivity contribution >= 4 is 23.0 Å². The number of piperidine rings is 1. The van der Waals surface area contributed by atoms with Crippen molar-refractivity contribution in [2.75, 3.05) is 40.5 Å². The van der Waals surface area contributed by atoms with Crippen molar-refractivity contribution in [2.45, 2.75) is 45.3 Å². The summed E-state index contributed by atoms with van der Waals surface area (Å²) in [6.07, 6.45) is 4.03. The van der Waals surface area contributed by atoms with Crippen molar-refractivity contribution < 1.29 is 28.5 Å². The van der Waals surface area contributed by atoms with Gasteiger partial charge < -0.3 is 34.1 Å². The van der Waals surface area contributed by atoms with Crippen LogP contribution in [0, 0.1) is 0 Å². The predicted octanol–water partition coefficient (Wildman–Crippen LogP) is 3.79. The molecule has 11 nitrogen and oxygen atoms in total. The number of benzene rings is 1. The first-order valence-corrected chi connectivity index (χ1v) is 12.6. The zero-order valence-corrected chi connectivity index (χ0v) is 22.5. The van der Waals surface area contributed by atoms with E-state index in [0.29, 0.717) is 72.9 Å². The molecule has 3 heterocycles. The van der Waals surface area contributed by atoms with E-state index in [1.807, 2.05) is 32.9 Å². The highest BCUT2D eigenvalue weighted by Gasteiger charge is 2.28. The smallest absolute Gasteiger partial charge is 0.410 e. The van der Waals surface area contributed by atoms with E-state index in [9.17, 15) is 9.59 Å². The molecule has 1 aromatic carbocycles. The van der Waals surface area contributed by atoms with Gasteiger partial charge in [-0.2, -0.15) is 0 Å². The maximum Gasteiger partial charge on any atom is 0.410 e. The van der Waals surface area contributed by atoms with Crippen molar-refractivity contribution in [1.82, 2.24) is 25.2 Å². The Labute approximate surface area is 221 Å². The van der Waals surface area contributed by atoms with Gasteiger partial charge in [-0.15, -0.1) is 0 Å². The Balaban J connectivity index is 1.49. The number of hydrogen-bond acceptors (Lipinski definition) is 8. The van der Waals surface area contributed by atoms with Crippen molar-refractivity contribution in [2.24, 2.45) is 0 Å². The summed E-state index contributed by atoms with van der Waals surface area (Å²) in [5.74, 6) is 0.998. The molecule has 2 amide bonds. The van der Waals surface area contributed by atoms with Crippen LogP contribution in [0.5, 0.6) is 11.5 Å². The number of carbonyl (C=O) groups is 2. The SMILES string of the molecule is COCCOc1cc(OC)ccc1-c1ncnc2c(C(=O)NC3CCN(C(=O)OC(C)(C)C)CC3)c[nH]c12. The summed E-state index contributed by atoms with van der Waals surface area (Å²) in [5, 5.41) is 3.09. The average Bonchev–Trinajstić information content (AvgIpc) is 3.33. The molecule has 1 fully saturated rings. The maximum absolute atomic E-state index is 13.2. The van der Waals surface area contributed by atoms with Gasteiger partial charge in [-0.3, -0.25) is 4.79 Å². The summed E-state index contributed by atoms with van der Waals surface area (Å²) in [4.78, 5) is 39.3. The van der Waals surface area contributed by atoms with Crippen molar-refractivity contribution in [1.29, 1.82) is 0 Å². The minimum atomic E-state index is -0.541. The Morgan fingerprint density at radius 3 is 2.58 bits per heavy atom. The molecule has 2 aromatic heterocycles. The number of fused-ring (bicyclic) bond motifs is 1. The summed E-state index contributed by atoms with van der Waals surface area (Å²) in [5.41, 5.74) is 2.36. The van der Waals surface area contributed by atoms with E-state index in [-0.39, 0.29) is 18.0 Å². The van der Waals surface area contributed by atoms with Gasteiger partial charge in [-0.1, -0.05) is 0 Å². The lowest BCUT2D eigenvalue weighted by Crippen LogP contribution is -2.47. The van der Waals surface area contributed by atoms with Gasteiger partial charge in [0.1, 0.15) is 41.2 Å². The van der Waals surface area contributed by atoms with Gasteiger partial charge in [0.25, 0.3) is 5.91 Å². The number of carbonyl (C=O) groups excluding carboxylic acids is 2. The molecule has 1 aliphatic heterocycles. The number of aromatic nitrogens is 3. The molecule has 0 radical (unpaired) electrons. The highest BCUT2D eigenvalue weighted by atomic mass is 16.6. The van der Waals surface area contributed by atoms with Gasteiger partial charge in [0, 0.05) is 44.1 Å². The molecule has 2 N–H and O–H groups in total. The fraction of sp³-hybridized carbons (Fsp3) is 0.481. The molecule has 1 aliphatic rings. The molecular weight excluding hydrogens is 490 g/mol. The van der Waals surface area contributed by atoms with Crippen LogP contribution in [0.1, 0.15) is 44.0 Å². The van der Waals surface area contributed by atoms with Crippen LogP contribution >= 0.6 is 0 Å². The van der Waals surface area contributed by atoms with Gasteiger partial charge in [-0.05, 0) is 45.7 Å². The number of H-pyrrole nitrogens is 1. The molecule has 1 saturated heterocycles. The quantitative estimate of drug-likeness (QED) is 0.425. The van der Waals surface area contributed by atoms with Gasteiger partial charge in [-0.25, -0.2) is 14.8 Å². The summed E-state index contributed by atoms with van der Waals surface area (Å²) in [7, 11) is 3.20. The lowest BCUT2D eigenvalue weighted by molar-refractivity contribution is 0.0199. The van der Waals surface area contributed by atoms with E-state index in [1.165, 1.54) is 6.33 Å². The summed E-state index contributed by atoms with van der Waals surface area (Å²) in [6, 6.07) is 5.42. The number of nitrogens with zero attached hydrogens (tertiary/aromatic N) is 3. The number of likely N-dealkylation sites (tertiary alicyclic amines) is 1. The molecule has 0 atom stereocenters. The zero-order chi connectivity index (χ0) is 27.3. The fourth-order valence-electron chi connectivity index (χ4n) is 4.29. The minimum Gasteiger partial charge on any atom is -0.497 e. The Hall–Kier alpha value is -3.86. The van der Waals surface area contributed by atoms with Crippen molar-refractivity contribution in [3.8, 4) is 22.8 Å². The van der Waals surface area contributed by atoms with Crippen LogP contribution in [0.4, 0.5) is 4.79 Å². The molecule has 38 heavy (non-hydrogen) atoms. The summed E-state index contributed by atoms with van der Waals surface area (Å²) >= 11 is 0. The van der Waals surface area contributed by atoms with E-state index >= 15 is 0 Å². The van der Waals surface area contributed by atoms with Crippen LogP contribution in [0.15, 0.2) is 30.7 Å². The van der Waals surface area contributed by atoms with Crippen LogP contribution < -0.4 is 14.8 Å². The first-order chi connectivity index (χ1) is 18.2. The number of amides is 2. The number of nitrogens with one attached hydrogen (secondary N) is 2. The Kier molecular flexibility index (Phi) is 8.35. The van der Waals surface area contributed by atoms with Crippen LogP contribution in [0.2, 0.25) is 0 Å². The molecule has 11 heteroatoms. The fourth-order valence-corrected chi connectivity index (χ4v) is 4.29. The molecule has 0 aliphatic carbocycles. The standard InChI is InChI=1S/C27H35N5O6/c1-27(2,3)38-26(34)32-10-8-17(9-11-32)31-25(33)20-15-28-24-22(29-16-30-23(20)24)19-7-6-18(36-5)14-21(19)37-13-12-35-4/h6-7,14-17,28H,8-13H2,1-5H3,(H,31,33). The van der Waals surface area contributed by atoms with Gasteiger partial charge >= 0.3 is 6.09 Å². The van der Waals surface area contributed by atoms with E-state index in [4.69, 9.17) is 18.9 Å². The third-order valence-corrected chi connectivity index (χ3v) is 6.18. The first-order valence-electron chi connectivity index (χ1n) is 12.6. The van der Waals surface area contributed by atoms with Crippen LogP contribution in [0.25, 0.3) is 22.3 Å². The number of hydrogen-bond donors (Lipinski definition) is 2. The number of aromatic amines is 1. The lowest BCUT2D eigenvalue weighted by Gasteiger charge is -2.33. The zero-order valence-electron chi connectivity index (χ0n) is 22.5. The van der Waals surface area contributed by atoms with Gasteiger partial charge in [0.05, 0.1) is 24.8 Å². The molecule has 204 valence electrons. The highest BCUT2D eigenvalue weighted by molar-refractivity contribution is 6.08. The van der Waals surface area contributed by atoms with Crippen LogP contribution in [0.3, 0.4) is 0 Å². The molecule has 0 unspecified atom stereocenters. The summed E-state index contributed by atoms with van der Waals surface area (Å²) < 4.78 is 21.9. The third kappa shape index (κ3) is 6.34. The molecular formula is C27H35N5O6. The number of ether oxygens (including phenoxy) is 4. The second-order valence-electron chi connectivity index (χ2n) is 10.1. The second kappa shape index (κ2) is 11.7. The Morgan fingerprint density at radius 2 is 1.89 bits per heavy atom. The minimum absolute atomic E-state index is 0.0604. The second-order valence-corrected chi connectivity index (χ2v) is 10.1. The largest absolute Gasteiger partial charge is 0.497 e. The van der Waals surface area contributed by atoms with E-state index in [0.717, 1.165) is 5.56 Å². The number of methoxy groups -OCH3 is 2. The van der Waals surface area contributed by atoms with E-state index in [2.05, 4.69) is 20.3 Å². The third-order valence-electron chi connectivity index (χ3n) is 6.18. The van der Waals surface area contributed by atoms with Gasteiger partial charge in [0.2, 0.25) is 0 Å². The topological polar surface area (TPSA) is 128 Å². The highest BCUT2D eigenvalue weighted by Crippen LogP contribution is 2.36. The van der Waals surface area contributed by atoms with Crippen LogP contribution in [-0.2, 0) is 9.47 Å². The predicted molar refractivity (Wildman–Crippen MR) is 142 cm³/mol. The first kappa shape index (κ1) is 27.2. The molecule has 3 aromatic rings. The lowest BCUT2D eigenvalue weighted by atomic mass is 10.0. The van der Waals surface area contributed by atoms with Crippen molar-refractivity contribution in [3.05, 3.63) is 36.3 Å². The molecule has 0 spiro atoms. The number of rotatable bonds is 8. The molecule has 0 saturated carbocycles. The van der Waals surface area contributed by atoms with Crippen molar-refractivity contribution in [3.63, 3.8) is 0 Å². The maximum atomic E-state index is 13.2. The molecule has 4 rings (SSSR count). The Bertz CT molecular complexity index is 1280. The average molecular weight is 526 g/mol. The Morgan fingerprint density at radius 1 is 1.13 bits per heavy atom. The summed E-state index contributed by atoms with van der Waals surface area (Å²) in [6.45, 7) is 7.36. The monoisotopic (exact) mass is 525 g/mol. The van der Waals surface area contributed by atoms with Crippen LogP contribution in [-0.4, -0.2) is 84.0 Å². The van der Waals surface area contributed by atoms with E-state index in [1.54, 1.807) is 31.4 Å². The molecule has 0 bridgehead atoms. The van der Waals surface area contributed by atoms with Gasteiger partial charge in [0.15, 0.2) is 0 Å². The normalized spacial score (nSPS) is 14.4.